The van der Waals surface area contributed by atoms with Crippen molar-refractivity contribution in [1.29, 1.82) is 0 Å². The third-order valence-electron chi connectivity index (χ3n) is 7.12. The lowest BCUT2D eigenvalue weighted by molar-refractivity contribution is -0.122. The van der Waals surface area contributed by atoms with E-state index in [0.29, 0.717) is 11.1 Å². The van der Waals surface area contributed by atoms with E-state index in [9.17, 15) is 9.59 Å². The molecule has 0 bridgehead atoms. The number of para-hydroxylation sites is 1. The predicted octanol–water partition coefficient (Wildman–Crippen LogP) is 4.13. The van der Waals surface area contributed by atoms with E-state index in [1.54, 1.807) is 11.8 Å². The van der Waals surface area contributed by atoms with Gasteiger partial charge in [0, 0.05) is 76.4 Å². The van der Waals surface area contributed by atoms with E-state index in [4.69, 9.17) is 4.74 Å². The highest BCUT2D eigenvalue weighted by Gasteiger charge is 2.35. The molecule has 1 fully saturated rings. The number of rotatable bonds is 7. The average molecular weight is 501 g/mol. The Morgan fingerprint density at radius 2 is 1.72 bits per heavy atom. The summed E-state index contributed by atoms with van der Waals surface area (Å²) in [5.74, 6) is -0.696. The predicted molar refractivity (Wildman–Crippen MR) is 144 cm³/mol. The normalized spacial score (nSPS) is 17.0. The molecule has 0 aliphatic carbocycles. The molecule has 0 spiro atoms. The Bertz CT molecular complexity index is 1510. The lowest BCUT2D eigenvalue weighted by atomic mass is 9.95. The summed E-state index contributed by atoms with van der Waals surface area (Å²) in [6, 6.07) is 14.1. The summed E-state index contributed by atoms with van der Waals surface area (Å²) >= 11 is 1.65. The van der Waals surface area contributed by atoms with Gasteiger partial charge in [-0.25, -0.2) is 0 Å². The maximum atomic E-state index is 13.3. The van der Waals surface area contributed by atoms with Gasteiger partial charge in [0.25, 0.3) is 11.8 Å². The molecule has 7 nitrogen and oxygen atoms in total. The second-order valence-corrected chi connectivity index (χ2v) is 10.0. The number of benzene rings is 2. The van der Waals surface area contributed by atoms with Crippen molar-refractivity contribution in [3.8, 4) is 0 Å². The minimum absolute atomic E-state index is 0.344. The summed E-state index contributed by atoms with van der Waals surface area (Å²) in [5, 5.41) is 4.51. The van der Waals surface area contributed by atoms with Gasteiger partial charge in [-0.1, -0.05) is 24.3 Å². The maximum absolute atomic E-state index is 13.3. The average Bonchev–Trinajstić information content (AvgIpc) is 3.57. The van der Waals surface area contributed by atoms with Crippen LogP contribution in [0.1, 0.15) is 17.5 Å². The monoisotopic (exact) mass is 500 g/mol. The zero-order valence-corrected chi connectivity index (χ0v) is 21.0. The highest BCUT2D eigenvalue weighted by atomic mass is 32.2. The lowest BCUT2D eigenvalue weighted by Crippen LogP contribution is -2.37. The molecule has 0 atom stereocenters. The van der Waals surface area contributed by atoms with Gasteiger partial charge >= 0.3 is 0 Å². The Morgan fingerprint density at radius 1 is 0.944 bits per heavy atom. The van der Waals surface area contributed by atoms with Gasteiger partial charge in [0.1, 0.15) is 0 Å². The van der Waals surface area contributed by atoms with Crippen LogP contribution in [0.25, 0.3) is 33.0 Å². The number of ether oxygens (including phenoxy) is 1. The van der Waals surface area contributed by atoms with Crippen molar-refractivity contribution < 1.29 is 14.3 Å². The van der Waals surface area contributed by atoms with Crippen LogP contribution in [-0.4, -0.2) is 65.4 Å². The number of aryl methyl sites for hydroxylation is 1. The number of aromatic nitrogens is 2. The fourth-order valence-corrected chi connectivity index (χ4v) is 6.03. The van der Waals surface area contributed by atoms with Gasteiger partial charge < -0.3 is 14.3 Å². The van der Waals surface area contributed by atoms with E-state index in [-0.39, 0.29) is 11.8 Å². The van der Waals surface area contributed by atoms with Crippen molar-refractivity contribution in [3.05, 3.63) is 66.0 Å². The van der Waals surface area contributed by atoms with Crippen molar-refractivity contribution in [2.45, 2.75) is 17.9 Å². The van der Waals surface area contributed by atoms with Gasteiger partial charge in [0.2, 0.25) is 0 Å². The molecule has 184 valence electrons. The Labute approximate surface area is 213 Å². The number of carbonyl (C=O) groups excluding carboxylic acids is 2. The number of aromatic amines is 1. The zero-order chi connectivity index (χ0) is 24.6. The minimum Gasteiger partial charge on any atom is -0.379 e. The van der Waals surface area contributed by atoms with Gasteiger partial charge in [0.05, 0.1) is 24.4 Å². The number of thioether (sulfide) groups is 1. The summed E-state index contributed by atoms with van der Waals surface area (Å²) in [7, 11) is 0. The molecule has 4 heterocycles. The van der Waals surface area contributed by atoms with Crippen molar-refractivity contribution in [2.75, 3.05) is 39.1 Å². The van der Waals surface area contributed by atoms with Crippen LogP contribution in [0.3, 0.4) is 0 Å². The van der Waals surface area contributed by atoms with Crippen LogP contribution in [-0.2, 0) is 20.9 Å². The van der Waals surface area contributed by atoms with Crippen molar-refractivity contribution >= 4 is 56.5 Å². The molecule has 2 aromatic heterocycles. The van der Waals surface area contributed by atoms with Gasteiger partial charge in [-0.05, 0) is 30.9 Å². The smallest absolute Gasteiger partial charge is 0.259 e. The quantitative estimate of drug-likeness (QED) is 0.295. The fourth-order valence-electron chi connectivity index (χ4n) is 5.40. The molecule has 0 unspecified atom stereocenters. The standard InChI is InChI=1S/C28H28N4O3S/c1-36-23-9-4-8-22-24(23)20(17-32(22)11-5-10-31-12-14-35-15-13-31)26-25(27(33)30-28(26)34)19-16-29-21-7-3-2-6-18(19)21/h2-4,6-9,16-17,29H,5,10-15H2,1H3,(H,30,33,34). The van der Waals surface area contributed by atoms with Gasteiger partial charge in [-0.3, -0.25) is 19.8 Å². The molecule has 0 radical (unpaired) electrons. The van der Waals surface area contributed by atoms with Crippen molar-refractivity contribution in [1.82, 2.24) is 19.8 Å². The topological polar surface area (TPSA) is 79.4 Å². The molecule has 2 amide bonds. The number of carbonyl (C=O) groups is 2. The molecule has 1 saturated heterocycles. The third-order valence-corrected chi connectivity index (χ3v) is 7.90. The van der Waals surface area contributed by atoms with Crippen molar-refractivity contribution in [2.24, 2.45) is 0 Å². The van der Waals surface area contributed by atoms with Crippen LogP contribution in [0, 0.1) is 0 Å². The summed E-state index contributed by atoms with van der Waals surface area (Å²) in [5.41, 5.74) is 4.45. The molecule has 4 aromatic rings. The van der Waals surface area contributed by atoms with Crippen LogP contribution in [0.2, 0.25) is 0 Å². The Balaban J connectivity index is 1.47. The second-order valence-electron chi connectivity index (χ2n) is 9.18. The third kappa shape index (κ3) is 3.95. The fraction of sp³-hybridized carbons (Fsp3) is 0.286. The van der Waals surface area contributed by atoms with Crippen LogP contribution < -0.4 is 5.32 Å². The molecule has 36 heavy (non-hydrogen) atoms. The van der Waals surface area contributed by atoms with E-state index >= 15 is 0 Å². The van der Waals surface area contributed by atoms with E-state index < -0.39 is 0 Å². The number of nitrogens with zero attached hydrogens (tertiary/aromatic N) is 2. The zero-order valence-electron chi connectivity index (χ0n) is 20.2. The van der Waals surface area contributed by atoms with Crippen LogP contribution >= 0.6 is 11.8 Å². The Morgan fingerprint density at radius 3 is 2.53 bits per heavy atom. The first kappa shape index (κ1) is 23.1. The van der Waals surface area contributed by atoms with Gasteiger partial charge in [-0.2, -0.15) is 0 Å². The summed E-state index contributed by atoms with van der Waals surface area (Å²) in [6.45, 7) is 5.36. The lowest BCUT2D eigenvalue weighted by Gasteiger charge is -2.26. The van der Waals surface area contributed by atoms with Crippen LogP contribution in [0.5, 0.6) is 0 Å². The summed E-state index contributed by atoms with van der Waals surface area (Å²) in [4.78, 5) is 33.2. The number of amides is 2. The maximum Gasteiger partial charge on any atom is 0.259 e. The molecule has 6 rings (SSSR count). The van der Waals surface area contributed by atoms with Crippen LogP contribution in [0.4, 0.5) is 0 Å². The first-order valence-corrected chi connectivity index (χ1v) is 13.5. The highest BCUT2D eigenvalue weighted by Crippen LogP contribution is 2.41. The molecule has 2 aromatic carbocycles. The number of imide groups is 1. The molecule has 2 aliphatic rings. The van der Waals surface area contributed by atoms with Gasteiger partial charge in [0.15, 0.2) is 0 Å². The number of fused-ring (bicyclic) bond motifs is 2. The number of nitrogens with one attached hydrogen (secondary N) is 2. The first-order chi connectivity index (χ1) is 17.7. The Kier molecular flexibility index (Phi) is 6.17. The first-order valence-electron chi connectivity index (χ1n) is 12.3. The molecular formula is C28H28N4O3S. The van der Waals surface area contributed by atoms with E-state index in [2.05, 4.69) is 44.2 Å². The SMILES string of the molecule is CSc1cccc2c1c(C1=C(c3c[nH]c4ccccc34)C(=O)NC1=O)cn2CCCN1CCOCC1. The van der Waals surface area contributed by atoms with E-state index in [1.807, 2.05) is 36.7 Å². The molecule has 8 heteroatoms. The Hall–Kier alpha value is -3.33. The summed E-state index contributed by atoms with van der Waals surface area (Å²) in [6.07, 6.45) is 6.93. The molecule has 2 N–H and O–H groups in total. The minimum atomic E-state index is -0.352. The van der Waals surface area contributed by atoms with Crippen molar-refractivity contribution in [3.63, 3.8) is 0 Å². The number of H-pyrrole nitrogens is 1. The second kappa shape index (κ2) is 9.61. The van der Waals surface area contributed by atoms with E-state index in [0.717, 1.165) is 83.6 Å². The highest BCUT2D eigenvalue weighted by molar-refractivity contribution is 7.98. The van der Waals surface area contributed by atoms with Crippen LogP contribution in [0.15, 0.2) is 59.8 Å². The largest absolute Gasteiger partial charge is 0.379 e. The van der Waals surface area contributed by atoms with Gasteiger partial charge in [-0.15, -0.1) is 11.8 Å². The summed E-state index contributed by atoms with van der Waals surface area (Å²) < 4.78 is 7.71. The number of hydrogen-bond donors (Lipinski definition) is 2. The molecule has 0 saturated carbocycles. The van der Waals surface area contributed by atoms with E-state index in [1.165, 1.54) is 0 Å². The molecular weight excluding hydrogens is 472 g/mol. The number of hydrogen-bond acceptors (Lipinski definition) is 5. The number of morpholine rings is 1. The molecule has 2 aliphatic heterocycles.